The molecular formula is C15H13ClN2O3. The van der Waals surface area contributed by atoms with E-state index in [2.05, 4.69) is 10.3 Å². The number of hydrogen-bond donors (Lipinski definition) is 1. The third-order valence-electron chi connectivity index (χ3n) is 3.19. The van der Waals surface area contributed by atoms with E-state index in [1.807, 2.05) is 25.1 Å². The maximum atomic E-state index is 12.1. The van der Waals surface area contributed by atoms with Crippen molar-refractivity contribution in [3.63, 3.8) is 0 Å². The molecule has 21 heavy (non-hydrogen) atoms. The summed E-state index contributed by atoms with van der Waals surface area (Å²) in [7, 11) is 0. The zero-order chi connectivity index (χ0) is 14.8. The Morgan fingerprint density at radius 1 is 1.29 bits per heavy atom. The molecule has 0 bridgehead atoms. The monoisotopic (exact) mass is 304 g/mol. The SMILES string of the molecule is CC(NC(=O)c1cccc(Cl)n1)c1ccc2c(c1)OCO2. The van der Waals surface area contributed by atoms with Crippen molar-refractivity contribution in [2.75, 3.05) is 6.79 Å². The standard InChI is InChI=1S/C15H13ClN2O3/c1-9(10-5-6-12-13(7-10)21-8-20-12)17-15(19)11-3-2-4-14(16)18-11/h2-7,9H,8H2,1H3,(H,17,19). The van der Waals surface area contributed by atoms with E-state index in [0.29, 0.717) is 16.7 Å². The highest BCUT2D eigenvalue weighted by Gasteiger charge is 2.17. The van der Waals surface area contributed by atoms with Gasteiger partial charge in [-0.15, -0.1) is 0 Å². The van der Waals surface area contributed by atoms with Crippen LogP contribution >= 0.6 is 11.6 Å². The molecule has 1 unspecified atom stereocenters. The summed E-state index contributed by atoms with van der Waals surface area (Å²) >= 11 is 5.78. The van der Waals surface area contributed by atoms with Crippen LogP contribution in [0, 0.1) is 0 Å². The quantitative estimate of drug-likeness (QED) is 0.886. The summed E-state index contributed by atoms with van der Waals surface area (Å²) in [6, 6.07) is 10.3. The summed E-state index contributed by atoms with van der Waals surface area (Å²) in [6.45, 7) is 2.12. The summed E-state index contributed by atoms with van der Waals surface area (Å²) in [5.41, 5.74) is 1.21. The zero-order valence-corrected chi connectivity index (χ0v) is 12.1. The van der Waals surface area contributed by atoms with Gasteiger partial charge in [-0.05, 0) is 36.8 Å². The second-order valence-corrected chi connectivity index (χ2v) is 5.04. The van der Waals surface area contributed by atoms with E-state index in [-0.39, 0.29) is 24.4 Å². The molecule has 2 aromatic rings. The van der Waals surface area contributed by atoms with Crippen molar-refractivity contribution in [3.05, 3.63) is 52.8 Å². The van der Waals surface area contributed by atoms with Crippen molar-refractivity contribution in [3.8, 4) is 11.5 Å². The van der Waals surface area contributed by atoms with Gasteiger partial charge in [0.1, 0.15) is 10.8 Å². The van der Waals surface area contributed by atoms with Crippen LogP contribution in [0.4, 0.5) is 0 Å². The van der Waals surface area contributed by atoms with Gasteiger partial charge in [-0.1, -0.05) is 23.7 Å². The maximum Gasteiger partial charge on any atom is 0.270 e. The molecule has 1 aliphatic rings. The molecule has 1 amide bonds. The number of rotatable bonds is 3. The number of pyridine rings is 1. The molecule has 1 atom stereocenters. The van der Waals surface area contributed by atoms with Crippen molar-refractivity contribution in [1.82, 2.24) is 10.3 Å². The van der Waals surface area contributed by atoms with E-state index in [9.17, 15) is 4.79 Å². The first-order valence-electron chi connectivity index (χ1n) is 6.46. The van der Waals surface area contributed by atoms with E-state index in [1.165, 1.54) is 0 Å². The predicted octanol–water partition coefficient (Wildman–Crippen LogP) is 2.95. The fourth-order valence-corrected chi connectivity index (χ4v) is 2.23. The molecule has 0 fully saturated rings. The van der Waals surface area contributed by atoms with E-state index < -0.39 is 0 Å². The van der Waals surface area contributed by atoms with Crippen molar-refractivity contribution in [1.29, 1.82) is 0 Å². The largest absolute Gasteiger partial charge is 0.454 e. The summed E-state index contributed by atoms with van der Waals surface area (Å²) < 4.78 is 10.6. The molecule has 2 heterocycles. The Balaban J connectivity index is 1.74. The van der Waals surface area contributed by atoms with Crippen LogP contribution < -0.4 is 14.8 Å². The van der Waals surface area contributed by atoms with Gasteiger partial charge in [0.2, 0.25) is 6.79 Å². The number of halogens is 1. The first kappa shape index (κ1) is 13.7. The van der Waals surface area contributed by atoms with Crippen LogP contribution in [0.25, 0.3) is 0 Å². The predicted molar refractivity (Wildman–Crippen MR) is 77.7 cm³/mol. The Bertz CT molecular complexity index is 690. The lowest BCUT2D eigenvalue weighted by Crippen LogP contribution is -2.27. The smallest absolute Gasteiger partial charge is 0.270 e. The Hall–Kier alpha value is -2.27. The Morgan fingerprint density at radius 2 is 2.10 bits per heavy atom. The van der Waals surface area contributed by atoms with Crippen molar-refractivity contribution < 1.29 is 14.3 Å². The van der Waals surface area contributed by atoms with Crippen LogP contribution in [0.5, 0.6) is 11.5 Å². The van der Waals surface area contributed by atoms with E-state index in [0.717, 1.165) is 5.56 Å². The van der Waals surface area contributed by atoms with Gasteiger partial charge in [-0.25, -0.2) is 4.98 Å². The van der Waals surface area contributed by atoms with E-state index >= 15 is 0 Å². The Morgan fingerprint density at radius 3 is 2.90 bits per heavy atom. The van der Waals surface area contributed by atoms with Gasteiger partial charge in [0.05, 0.1) is 6.04 Å². The van der Waals surface area contributed by atoms with Gasteiger partial charge in [0.25, 0.3) is 5.91 Å². The minimum atomic E-state index is -0.275. The van der Waals surface area contributed by atoms with Gasteiger partial charge in [0, 0.05) is 0 Å². The number of nitrogens with one attached hydrogen (secondary N) is 1. The summed E-state index contributed by atoms with van der Waals surface area (Å²) in [6.07, 6.45) is 0. The molecule has 1 aromatic carbocycles. The molecule has 0 aliphatic carbocycles. The number of ether oxygens (including phenoxy) is 2. The normalized spacial score (nSPS) is 13.8. The Kier molecular flexibility index (Phi) is 3.66. The highest BCUT2D eigenvalue weighted by molar-refractivity contribution is 6.29. The van der Waals surface area contributed by atoms with Crippen LogP contribution in [0.2, 0.25) is 5.15 Å². The maximum absolute atomic E-state index is 12.1. The third-order valence-corrected chi connectivity index (χ3v) is 3.40. The van der Waals surface area contributed by atoms with Crippen LogP contribution in [-0.2, 0) is 0 Å². The second-order valence-electron chi connectivity index (χ2n) is 4.65. The van der Waals surface area contributed by atoms with E-state index in [1.54, 1.807) is 18.2 Å². The molecular weight excluding hydrogens is 292 g/mol. The molecule has 0 spiro atoms. The van der Waals surface area contributed by atoms with Crippen LogP contribution in [0.1, 0.15) is 29.0 Å². The lowest BCUT2D eigenvalue weighted by atomic mass is 10.1. The first-order valence-corrected chi connectivity index (χ1v) is 6.84. The fraction of sp³-hybridized carbons (Fsp3) is 0.200. The highest BCUT2D eigenvalue weighted by Crippen LogP contribution is 2.34. The molecule has 5 nitrogen and oxygen atoms in total. The number of amides is 1. The Labute approximate surface area is 126 Å². The number of carbonyl (C=O) groups excluding carboxylic acids is 1. The molecule has 0 radical (unpaired) electrons. The van der Waals surface area contributed by atoms with Gasteiger partial charge < -0.3 is 14.8 Å². The van der Waals surface area contributed by atoms with Crippen molar-refractivity contribution in [2.24, 2.45) is 0 Å². The average Bonchev–Trinajstić information content (AvgIpc) is 2.94. The number of benzene rings is 1. The number of fused-ring (bicyclic) bond motifs is 1. The summed E-state index contributed by atoms with van der Waals surface area (Å²) in [5.74, 6) is 1.13. The number of hydrogen-bond acceptors (Lipinski definition) is 4. The van der Waals surface area contributed by atoms with Crippen LogP contribution in [0.15, 0.2) is 36.4 Å². The average molecular weight is 305 g/mol. The molecule has 1 N–H and O–H groups in total. The molecule has 0 saturated carbocycles. The molecule has 108 valence electrons. The van der Waals surface area contributed by atoms with Gasteiger partial charge >= 0.3 is 0 Å². The van der Waals surface area contributed by atoms with Crippen LogP contribution in [0.3, 0.4) is 0 Å². The second kappa shape index (κ2) is 5.61. The van der Waals surface area contributed by atoms with E-state index in [4.69, 9.17) is 21.1 Å². The minimum absolute atomic E-state index is 0.187. The molecule has 6 heteroatoms. The summed E-state index contributed by atoms with van der Waals surface area (Å²) in [4.78, 5) is 16.1. The number of nitrogens with zero attached hydrogens (tertiary/aromatic N) is 1. The zero-order valence-electron chi connectivity index (χ0n) is 11.3. The van der Waals surface area contributed by atoms with Gasteiger partial charge in [-0.2, -0.15) is 0 Å². The topological polar surface area (TPSA) is 60.5 Å². The number of carbonyl (C=O) groups is 1. The molecule has 1 aromatic heterocycles. The lowest BCUT2D eigenvalue weighted by molar-refractivity contribution is 0.0934. The number of aromatic nitrogens is 1. The van der Waals surface area contributed by atoms with Crippen molar-refractivity contribution in [2.45, 2.75) is 13.0 Å². The fourth-order valence-electron chi connectivity index (χ4n) is 2.07. The lowest BCUT2D eigenvalue weighted by Gasteiger charge is -2.14. The van der Waals surface area contributed by atoms with Gasteiger partial charge in [0.15, 0.2) is 11.5 Å². The van der Waals surface area contributed by atoms with Crippen molar-refractivity contribution >= 4 is 17.5 Å². The molecule has 1 aliphatic heterocycles. The first-order chi connectivity index (χ1) is 10.1. The molecule has 3 rings (SSSR count). The van der Waals surface area contributed by atoms with Crippen LogP contribution in [-0.4, -0.2) is 17.7 Å². The minimum Gasteiger partial charge on any atom is -0.454 e. The highest BCUT2D eigenvalue weighted by atomic mass is 35.5. The third kappa shape index (κ3) is 2.92. The molecule has 0 saturated heterocycles. The summed E-state index contributed by atoms with van der Waals surface area (Å²) in [5, 5.41) is 3.16. The van der Waals surface area contributed by atoms with Gasteiger partial charge in [-0.3, -0.25) is 4.79 Å².